The van der Waals surface area contributed by atoms with Gasteiger partial charge in [0.1, 0.15) is 0 Å². The highest BCUT2D eigenvalue weighted by Gasteiger charge is 2.20. The lowest BCUT2D eigenvalue weighted by Crippen LogP contribution is -2.11. The molecule has 8 aromatic carbocycles. The van der Waals surface area contributed by atoms with Gasteiger partial charge in [0.15, 0.2) is 0 Å². The molecule has 1 heterocycles. The molecule has 0 fully saturated rings. The van der Waals surface area contributed by atoms with E-state index in [2.05, 4.69) is 193 Å². The van der Waals surface area contributed by atoms with Crippen LogP contribution in [0, 0.1) is 0 Å². The SMILES string of the molecule is c1ccc(-c2ccc(N(c3ccc4c(c3)sc3cc5ccccc5cc34)c3ccc(-c4ccccc4)cc3-c3ccccc3)cc2)cc1. The van der Waals surface area contributed by atoms with Gasteiger partial charge in [-0.2, -0.15) is 0 Å². The molecule has 2 heteroatoms. The van der Waals surface area contributed by atoms with E-state index in [0.717, 1.165) is 17.1 Å². The van der Waals surface area contributed by atoms with Gasteiger partial charge in [0.2, 0.25) is 0 Å². The van der Waals surface area contributed by atoms with E-state index < -0.39 is 0 Å². The molecule has 0 saturated carbocycles. The molecule has 9 aromatic rings. The maximum atomic E-state index is 2.42. The highest BCUT2D eigenvalue weighted by Crippen LogP contribution is 2.45. The Balaban J connectivity index is 1.25. The van der Waals surface area contributed by atoms with E-state index in [1.165, 1.54) is 64.3 Å². The zero-order valence-corrected chi connectivity index (χ0v) is 27.1. The third-order valence-corrected chi connectivity index (χ3v) is 10.4. The molecule has 226 valence electrons. The molecule has 0 atom stereocenters. The van der Waals surface area contributed by atoms with Gasteiger partial charge in [0.05, 0.1) is 5.69 Å². The molecule has 0 saturated heterocycles. The van der Waals surface area contributed by atoms with Crippen molar-refractivity contribution in [3.8, 4) is 33.4 Å². The summed E-state index contributed by atoms with van der Waals surface area (Å²) < 4.78 is 2.60. The van der Waals surface area contributed by atoms with Gasteiger partial charge < -0.3 is 4.90 Å². The number of hydrogen-bond donors (Lipinski definition) is 0. The fraction of sp³-hybridized carbons (Fsp3) is 0. The topological polar surface area (TPSA) is 3.24 Å². The average molecular weight is 630 g/mol. The molecule has 0 bridgehead atoms. The summed E-state index contributed by atoms with van der Waals surface area (Å²) in [5, 5.41) is 5.17. The zero-order valence-electron chi connectivity index (χ0n) is 26.3. The van der Waals surface area contributed by atoms with Crippen molar-refractivity contribution in [1.82, 2.24) is 0 Å². The van der Waals surface area contributed by atoms with Crippen LogP contribution in [-0.4, -0.2) is 0 Å². The lowest BCUT2D eigenvalue weighted by atomic mass is 9.96. The highest BCUT2D eigenvalue weighted by atomic mass is 32.1. The summed E-state index contributed by atoms with van der Waals surface area (Å²) >= 11 is 1.87. The quantitative estimate of drug-likeness (QED) is 0.177. The van der Waals surface area contributed by atoms with Gasteiger partial charge in [-0.25, -0.2) is 0 Å². The summed E-state index contributed by atoms with van der Waals surface area (Å²) in [6.07, 6.45) is 0. The summed E-state index contributed by atoms with van der Waals surface area (Å²) in [6, 6.07) is 68.2. The number of anilines is 3. The first-order chi connectivity index (χ1) is 23.8. The average Bonchev–Trinajstić information content (AvgIpc) is 3.52. The van der Waals surface area contributed by atoms with Crippen molar-refractivity contribution >= 4 is 59.3 Å². The summed E-state index contributed by atoms with van der Waals surface area (Å²) in [5.74, 6) is 0. The molecule has 48 heavy (non-hydrogen) atoms. The van der Waals surface area contributed by atoms with Gasteiger partial charge in [0.25, 0.3) is 0 Å². The van der Waals surface area contributed by atoms with Crippen molar-refractivity contribution in [3.05, 3.63) is 188 Å². The lowest BCUT2D eigenvalue weighted by molar-refractivity contribution is 1.29. The fourth-order valence-electron chi connectivity index (χ4n) is 6.84. The van der Waals surface area contributed by atoms with Crippen molar-refractivity contribution in [2.75, 3.05) is 4.90 Å². The number of rotatable bonds is 6. The van der Waals surface area contributed by atoms with Crippen molar-refractivity contribution < 1.29 is 0 Å². The standard InChI is InChI=1S/C46H31NS/c1-4-12-32(13-5-1)34-20-23-39(24-21-34)47(40-25-26-41-43-29-36-18-10-11-19-37(36)30-45(43)48-46(41)31-40)44-27-22-38(33-14-6-2-7-15-33)28-42(44)35-16-8-3-9-17-35/h1-31H. The van der Waals surface area contributed by atoms with E-state index in [0.29, 0.717) is 0 Å². The summed E-state index contributed by atoms with van der Waals surface area (Å²) in [7, 11) is 0. The second-order valence-corrected chi connectivity index (χ2v) is 13.3. The van der Waals surface area contributed by atoms with Crippen LogP contribution in [0.3, 0.4) is 0 Å². The van der Waals surface area contributed by atoms with Crippen LogP contribution in [0.15, 0.2) is 188 Å². The Morgan fingerprint density at radius 2 is 0.854 bits per heavy atom. The molecule has 0 radical (unpaired) electrons. The van der Waals surface area contributed by atoms with Crippen molar-refractivity contribution in [2.24, 2.45) is 0 Å². The molecule has 0 aliphatic heterocycles. The summed E-state index contributed by atoms with van der Waals surface area (Å²) in [5.41, 5.74) is 10.6. The van der Waals surface area contributed by atoms with Gasteiger partial charge in [-0.1, -0.05) is 140 Å². The highest BCUT2D eigenvalue weighted by molar-refractivity contribution is 7.25. The Kier molecular flexibility index (Phi) is 7.07. The number of hydrogen-bond acceptors (Lipinski definition) is 2. The van der Waals surface area contributed by atoms with Crippen molar-refractivity contribution in [1.29, 1.82) is 0 Å². The van der Waals surface area contributed by atoms with E-state index in [1.54, 1.807) is 0 Å². The first-order valence-corrected chi connectivity index (χ1v) is 17.2. The minimum atomic E-state index is 1.12. The van der Waals surface area contributed by atoms with Gasteiger partial charge >= 0.3 is 0 Å². The number of benzene rings is 8. The molecule has 1 nitrogen and oxygen atoms in total. The fourth-order valence-corrected chi connectivity index (χ4v) is 8.01. The third-order valence-electron chi connectivity index (χ3n) is 9.24. The monoisotopic (exact) mass is 629 g/mol. The van der Waals surface area contributed by atoms with E-state index in [9.17, 15) is 0 Å². The Bertz CT molecular complexity index is 2530. The van der Waals surface area contributed by atoms with Crippen LogP contribution in [0.4, 0.5) is 17.1 Å². The van der Waals surface area contributed by atoms with E-state index in [-0.39, 0.29) is 0 Å². The van der Waals surface area contributed by atoms with Crippen LogP contribution in [0.2, 0.25) is 0 Å². The Hall–Kier alpha value is -5.96. The first-order valence-electron chi connectivity index (χ1n) is 16.3. The van der Waals surface area contributed by atoms with Gasteiger partial charge in [-0.05, 0) is 87.1 Å². The van der Waals surface area contributed by atoms with Crippen LogP contribution in [0.1, 0.15) is 0 Å². The molecular formula is C46H31NS. The van der Waals surface area contributed by atoms with E-state index in [1.807, 2.05) is 11.3 Å². The molecule has 0 amide bonds. The molecule has 0 N–H and O–H groups in total. The normalized spacial score (nSPS) is 11.3. The van der Waals surface area contributed by atoms with Crippen molar-refractivity contribution in [2.45, 2.75) is 0 Å². The maximum absolute atomic E-state index is 2.42. The molecule has 1 aromatic heterocycles. The second kappa shape index (κ2) is 12.0. The van der Waals surface area contributed by atoms with Crippen LogP contribution in [-0.2, 0) is 0 Å². The van der Waals surface area contributed by atoms with Gasteiger partial charge in [-0.15, -0.1) is 11.3 Å². The van der Waals surface area contributed by atoms with Crippen LogP contribution in [0.25, 0.3) is 64.3 Å². The smallest absolute Gasteiger partial charge is 0.0540 e. The molecule has 0 aliphatic rings. The minimum Gasteiger partial charge on any atom is -0.310 e. The summed E-state index contributed by atoms with van der Waals surface area (Å²) in [6.45, 7) is 0. The number of nitrogens with zero attached hydrogens (tertiary/aromatic N) is 1. The zero-order chi connectivity index (χ0) is 31.9. The van der Waals surface area contributed by atoms with E-state index >= 15 is 0 Å². The maximum Gasteiger partial charge on any atom is 0.0540 e. The molecular weight excluding hydrogens is 599 g/mol. The van der Waals surface area contributed by atoms with Gasteiger partial charge in [-0.3, -0.25) is 0 Å². The van der Waals surface area contributed by atoms with Crippen molar-refractivity contribution in [3.63, 3.8) is 0 Å². The predicted octanol–water partition coefficient (Wildman–Crippen LogP) is 13.7. The Labute approximate surface area is 284 Å². The minimum absolute atomic E-state index is 1.12. The molecule has 0 aliphatic carbocycles. The number of thiophene rings is 1. The predicted molar refractivity (Wildman–Crippen MR) is 208 cm³/mol. The largest absolute Gasteiger partial charge is 0.310 e. The van der Waals surface area contributed by atoms with Crippen LogP contribution in [0.5, 0.6) is 0 Å². The van der Waals surface area contributed by atoms with Gasteiger partial charge in [0, 0.05) is 37.1 Å². The molecule has 9 rings (SSSR count). The first kappa shape index (κ1) is 28.3. The van der Waals surface area contributed by atoms with Crippen LogP contribution < -0.4 is 4.90 Å². The molecule has 0 unspecified atom stereocenters. The van der Waals surface area contributed by atoms with E-state index in [4.69, 9.17) is 0 Å². The Morgan fingerprint density at radius 3 is 1.54 bits per heavy atom. The molecule has 0 spiro atoms. The lowest BCUT2D eigenvalue weighted by Gasteiger charge is -2.28. The Morgan fingerprint density at radius 1 is 0.333 bits per heavy atom. The summed E-state index contributed by atoms with van der Waals surface area (Å²) in [4.78, 5) is 2.42. The number of fused-ring (bicyclic) bond motifs is 4. The third kappa shape index (κ3) is 5.13. The second-order valence-electron chi connectivity index (χ2n) is 12.2. The van der Waals surface area contributed by atoms with Crippen LogP contribution >= 0.6 is 11.3 Å².